The smallest absolute Gasteiger partial charge is 0.160 e. The van der Waals surface area contributed by atoms with Crippen LogP contribution in [0.5, 0.6) is 11.5 Å². The number of ether oxygens (including phenoxy) is 1. The Kier molecular flexibility index (Phi) is 5.23. The number of phenolic OH excluding ortho intramolecular Hbond substituents is 1. The summed E-state index contributed by atoms with van der Waals surface area (Å²) in [6.07, 6.45) is 1.70. The first-order chi connectivity index (χ1) is 14.0. The molecule has 1 heterocycles. The van der Waals surface area contributed by atoms with Crippen LogP contribution in [0.4, 0.5) is 5.69 Å². The maximum absolute atomic E-state index is 10.0. The van der Waals surface area contributed by atoms with Crippen LogP contribution in [0, 0.1) is 6.92 Å². The van der Waals surface area contributed by atoms with Crippen LogP contribution in [-0.4, -0.2) is 27.9 Å². The zero-order valence-corrected chi connectivity index (χ0v) is 16.9. The molecular formula is C23H20ClN3O2. The number of H-pyrrole nitrogens is 1. The average Bonchev–Trinajstić information content (AvgIpc) is 3.11. The van der Waals surface area contributed by atoms with Crippen LogP contribution in [0.15, 0.2) is 59.6 Å². The Morgan fingerprint density at radius 3 is 2.76 bits per heavy atom. The molecule has 0 aliphatic heterocycles. The van der Waals surface area contributed by atoms with E-state index in [0.717, 1.165) is 39.2 Å². The maximum Gasteiger partial charge on any atom is 0.160 e. The lowest BCUT2D eigenvalue weighted by Gasteiger charge is -2.05. The van der Waals surface area contributed by atoms with Gasteiger partial charge in [0.05, 0.1) is 28.4 Å². The summed E-state index contributed by atoms with van der Waals surface area (Å²) in [7, 11) is 0. The van der Waals surface area contributed by atoms with E-state index in [0.29, 0.717) is 17.4 Å². The third kappa shape index (κ3) is 4.10. The molecule has 0 unspecified atom stereocenters. The number of nitrogens with zero attached hydrogens (tertiary/aromatic N) is 2. The van der Waals surface area contributed by atoms with Crippen molar-refractivity contribution < 1.29 is 9.84 Å². The van der Waals surface area contributed by atoms with Crippen molar-refractivity contribution in [3.63, 3.8) is 0 Å². The summed E-state index contributed by atoms with van der Waals surface area (Å²) in [6, 6.07) is 16.8. The molecule has 6 heteroatoms. The van der Waals surface area contributed by atoms with Gasteiger partial charge in [-0.25, -0.2) is 4.98 Å². The quantitative estimate of drug-likeness (QED) is 0.397. The first-order valence-electron chi connectivity index (χ1n) is 9.29. The zero-order valence-electron chi connectivity index (χ0n) is 16.1. The van der Waals surface area contributed by atoms with E-state index in [2.05, 4.69) is 15.0 Å². The Labute approximate surface area is 173 Å². The summed E-state index contributed by atoms with van der Waals surface area (Å²) >= 11 is 6.37. The Bertz CT molecular complexity index is 1210. The summed E-state index contributed by atoms with van der Waals surface area (Å²) in [4.78, 5) is 12.5. The molecule has 2 N–H and O–H groups in total. The van der Waals surface area contributed by atoms with E-state index in [4.69, 9.17) is 16.3 Å². The van der Waals surface area contributed by atoms with Crippen molar-refractivity contribution in [3.05, 3.63) is 70.7 Å². The topological polar surface area (TPSA) is 70.5 Å². The lowest BCUT2D eigenvalue weighted by molar-refractivity contribution is 0.318. The number of aromatic amines is 1. The molecule has 0 aliphatic rings. The second-order valence-corrected chi connectivity index (χ2v) is 7.10. The van der Waals surface area contributed by atoms with E-state index in [-0.39, 0.29) is 5.75 Å². The number of rotatable bonds is 5. The van der Waals surface area contributed by atoms with Crippen molar-refractivity contribution in [1.82, 2.24) is 9.97 Å². The van der Waals surface area contributed by atoms with Gasteiger partial charge in [-0.3, -0.25) is 4.99 Å². The molecule has 146 valence electrons. The third-order valence-electron chi connectivity index (χ3n) is 4.49. The Morgan fingerprint density at radius 1 is 1.14 bits per heavy atom. The van der Waals surface area contributed by atoms with Gasteiger partial charge in [0.15, 0.2) is 11.5 Å². The second-order valence-electron chi connectivity index (χ2n) is 6.69. The fourth-order valence-corrected chi connectivity index (χ4v) is 3.38. The van der Waals surface area contributed by atoms with Gasteiger partial charge in [-0.05, 0) is 73.5 Å². The Hall–Kier alpha value is -3.31. The lowest BCUT2D eigenvalue weighted by atomic mass is 10.1. The van der Waals surface area contributed by atoms with Crippen molar-refractivity contribution in [2.24, 2.45) is 4.99 Å². The molecule has 0 atom stereocenters. The molecule has 4 rings (SSSR count). The highest BCUT2D eigenvalue weighted by molar-refractivity contribution is 6.33. The molecule has 5 nitrogen and oxygen atoms in total. The van der Waals surface area contributed by atoms with Crippen LogP contribution in [0.3, 0.4) is 0 Å². The molecule has 0 fully saturated rings. The summed E-state index contributed by atoms with van der Waals surface area (Å²) < 4.78 is 5.34. The zero-order chi connectivity index (χ0) is 20.4. The number of nitrogens with one attached hydrogen (secondary N) is 1. The van der Waals surface area contributed by atoms with Gasteiger partial charge in [0.2, 0.25) is 0 Å². The Balaban J connectivity index is 1.61. The number of aromatic nitrogens is 2. The molecule has 0 amide bonds. The summed E-state index contributed by atoms with van der Waals surface area (Å²) in [6.45, 7) is 4.38. The monoisotopic (exact) mass is 405 g/mol. The number of aromatic hydroxyl groups is 1. The van der Waals surface area contributed by atoms with Crippen molar-refractivity contribution >= 4 is 34.5 Å². The number of fused-ring (bicyclic) bond motifs is 1. The molecule has 29 heavy (non-hydrogen) atoms. The summed E-state index contributed by atoms with van der Waals surface area (Å²) in [5, 5.41) is 10.7. The second kappa shape index (κ2) is 7.97. The van der Waals surface area contributed by atoms with Crippen molar-refractivity contribution in [1.29, 1.82) is 0 Å². The lowest BCUT2D eigenvalue weighted by Crippen LogP contribution is -1.92. The molecule has 4 aromatic rings. The van der Waals surface area contributed by atoms with Crippen LogP contribution in [0.25, 0.3) is 22.4 Å². The van der Waals surface area contributed by atoms with Gasteiger partial charge in [0.25, 0.3) is 0 Å². The molecule has 0 aliphatic carbocycles. The highest BCUT2D eigenvalue weighted by Gasteiger charge is 2.09. The maximum atomic E-state index is 10.0. The summed E-state index contributed by atoms with van der Waals surface area (Å²) in [5.74, 6) is 1.29. The van der Waals surface area contributed by atoms with Crippen LogP contribution in [0.2, 0.25) is 5.02 Å². The number of aryl methyl sites for hydroxylation is 1. The van der Waals surface area contributed by atoms with Crippen LogP contribution in [-0.2, 0) is 0 Å². The third-order valence-corrected chi connectivity index (χ3v) is 4.80. The van der Waals surface area contributed by atoms with E-state index in [1.165, 1.54) is 0 Å². The van der Waals surface area contributed by atoms with Gasteiger partial charge in [0, 0.05) is 11.8 Å². The van der Waals surface area contributed by atoms with Gasteiger partial charge in [-0.2, -0.15) is 0 Å². The minimum Gasteiger partial charge on any atom is -0.504 e. The number of benzene rings is 3. The molecular weight excluding hydrogens is 386 g/mol. The molecule has 3 aromatic carbocycles. The van der Waals surface area contributed by atoms with Gasteiger partial charge >= 0.3 is 0 Å². The van der Waals surface area contributed by atoms with E-state index in [9.17, 15) is 5.11 Å². The fraction of sp³-hybridized carbons (Fsp3) is 0.130. The molecule has 0 saturated heterocycles. The van der Waals surface area contributed by atoms with Gasteiger partial charge in [0.1, 0.15) is 5.82 Å². The SMILES string of the molecule is CCOc1ccc(C=Nc2ccc3nc(-c4ccc(C)cc4Cl)[nH]c3c2)cc1O. The van der Waals surface area contributed by atoms with E-state index < -0.39 is 0 Å². The molecule has 0 radical (unpaired) electrons. The van der Waals surface area contributed by atoms with Gasteiger partial charge in [-0.1, -0.05) is 17.7 Å². The molecule has 0 spiro atoms. The van der Waals surface area contributed by atoms with Crippen LogP contribution >= 0.6 is 11.6 Å². The molecule has 0 bridgehead atoms. The largest absolute Gasteiger partial charge is 0.504 e. The van der Waals surface area contributed by atoms with E-state index in [1.54, 1.807) is 18.3 Å². The first kappa shape index (κ1) is 19.0. The van der Waals surface area contributed by atoms with Crippen molar-refractivity contribution in [2.45, 2.75) is 13.8 Å². The minimum atomic E-state index is 0.0967. The predicted octanol–water partition coefficient (Wildman–Crippen LogP) is 6.05. The van der Waals surface area contributed by atoms with E-state index in [1.807, 2.05) is 56.3 Å². The number of phenols is 1. The van der Waals surface area contributed by atoms with Gasteiger partial charge in [-0.15, -0.1) is 0 Å². The Morgan fingerprint density at radius 2 is 2.00 bits per heavy atom. The standard InChI is InChI=1S/C23H20ClN3O2/c1-3-29-22-9-5-15(11-21(22)28)13-25-16-6-8-19-20(12-16)27-23(26-19)17-7-4-14(2)10-18(17)24/h4-13,28H,3H2,1-2H3,(H,26,27). The van der Waals surface area contributed by atoms with Crippen LogP contribution < -0.4 is 4.74 Å². The molecule has 0 saturated carbocycles. The first-order valence-corrected chi connectivity index (χ1v) is 9.67. The van der Waals surface area contributed by atoms with Gasteiger partial charge < -0.3 is 14.8 Å². The van der Waals surface area contributed by atoms with E-state index >= 15 is 0 Å². The minimum absolute atomic E-state index is 0.0967. The predicted molar refractivity (Wildman–Crippen MR) is 118 cm³/mol. The number of hydrogen-bond acceptors (Lipinski definition) is 4. The molecule has 1 aromatic heterocycles. The summed E-state index contributed by atoms with van der Waals surface area (Å²) in [5.41, 5.74) is 5.24. The van der Waals surface area contributed by atoms with Crippen molar-refractivity contribution in [3.8, 4) is 22.9 Å². The normalized spacial score (nSPS) is 11.4. The fourth-order valence-electron chi connectivity index (χ4n) is 3.06. The number of aliphatic imine (C=N–C) groups is 1. The average molecular weight is 406 g/mol. The van der Waals surface area contributed by atoms with Crippen LogP contribution in [0.1, 0.15) is 18.1 Å². The number of imidazole rings is 1. The highest BCUT2D eigenvalue weighted by Crippen LogP contribution is 2.30. The number of halogens is 1. The highest BCUT2D eigenvalue weighted by atomic mass is 35.5. The number of hydrogen-bond donors (Lipinski definition) is 2. The van der Waals surface area contributed by atoms with Crippen molar-refractivity contribution in [2.75, 3.05) is 6.61 Å².